The Balaban J connectivity index is 2.90. The molecule has 2 aromatic rings. The Labute approximate surface area is 76.9 Å². The zero-order valence-corrected chi connectivity index (χ0v) is 7.80. The van der Waals surface area contributed by atoms with Crippen molar-refractivity contribution in [2.75, 3.05) is 0 Å². The van der Waals surface area contributed by atoms with Gasteiger partial charge < -0.3 is 0 Å². The van der Waals surface area contributed by atoms with Crippen LogP contribution in [0.1, 0.15) is 0 Å². The molecule has 0 bridgehead atoms. The summed E-state index contributed by atoms with van der Waals surface area (Å²) in [6, 6.07) is 5.59. The summed E-state index contributed by atoms with van der Waals surface area (Å²) in [5.74, 6) is 0. The number of rotatable bonds is 0. The molecule has 0 unspecified atom stereocenters. The van der Waals surface area contributed by atoms with Crippen LogP contribution in [0.15, 0.2) is 29.0 Å². The second-order valence-electron chi connectivity index (χ2n) is 2.14. The quantitative estimate of drug-likeness (QED) is 0.637. The fourth-order valence-electron chi connectivity index (χ4n) is 0.947. The molecular formula is C7H4BrClN2. The van der Waals surface area contributed by atoms with Crippen molar-refractivity contribution < 1.29 is 0 Å². The molecule has 2 rings (SSSR count). The SMILES string of the molecule is Clc1cccc2nc(Br)cn12. The Morgan fingerprint density at radius 2 is 2.27 bits per heavy atom. The van der Waals surface area contributed by atoms with Crippen LogP contribution in [0.3, 0.4) is 0 Å². The normalized spacial score (nSPS) is 10.7. The molecule has 2 aromatic heterocycles. The Morgan fingerprint density at radius 3 is 3.00 bits per heavy atom. The number of hydrogen-bond donors (Lipinski definition) is 0. The predicted molar refractivity (Wildman–Crippen MR) is 47.9 cm³/mol. The van der Waals surface area contributed by atoms with E-state index in [9.17, 15) is 0 Å². The number of imidazole rings is 1. The fourth-order valence-corrected chi connectivity index (χ4v) is 1.54. The van der Waals surface area contributed by atoms with Gasteiger partial charge in [-0.1, -0.05) is 17.7 Å². The topological polar surface area (TPSA) is 17.3 Å². The van der Waals surface area contributed by atoms with Crippen molar-refractivity contribution in [1.29, 1.82) is 0 Å². The van der Waals surface area contributed by atoms with Crippen molar-refractivity contribution >= 4 is 33.2 Å². The fraction of sp³-hybridized carbons (Fsp3) is 0. The minimum absolute atomic E-state index is 0.667. The van der Waals surface area contributed by atoms with E-state index in [2.05, 4.69) is 20.9 Å². The van der Waals surface area contributed by atoms with Gasteiger partial charge in [-0.2, -0.15) is 0 Å². The maximum absolute atomic E-state index is 5.87. The van der Waals surface area contributed by atoms with Gasteiger partial charge >= 0.3 is 0 Å². The van der Waals surface area contributed by atoms with Gasteiger partial charge in [0.1, 0.15) is 15.4 Å². The number of hydrogen-bond acceptors (Lipinski definition) is 1. The van der Waals surface area contributed by atoms with Crippen molar-refractivity contribution in [2.45, 2.75) is 0 Å². The number of fused-ring (bicyclic) bond motifs is 1. The molecule has 0 amide bonds. The number of halogens is 2. The van der Waals surface area contributed by atoms with Crippen LogP contribution in [0.2, 0.25) is 5.15 Å². The smallest absolute Gasteiger partial charge is 0.139 e. The minimum Gasteiger partial charge on any atom is -0.289 e. The zero-order chi connectivity index (χ0) is 7.84. The van der Waals surface area contributed by atoms with Crippen LogP contribution in [0.4, 0.5) is 0 Å². The highest BCUT2D eigenvalue weighted by atomic mass is 79.9. The summed E-state index contributed by atoms with van der Waals surface area (Å²) in [6.45, 7) is 0. The molecule has 2 heterocycles. The second-order valence-corrected chi connectivity index (χ2v) is 3.34. The van der Waals surface area contributed by atoms with E-state index in [-0.39, 0.29) is 0 Å². The zero-order valence-electron chi connectivity index (χ0n) is 5.46. The van der Waals surface area contributed by atoms with E-state index in [0.29, 0.717) is 5.15 Å². The van der Waals surface area contributed by atoms with Crippen LogP contribution in [-0.2, 0) is 0 Å². The van der Waals surface area contributed by atoms with Gasteiger partial charge in [0.15, 0.2) is 0 Å². The van der Waals surface area contributed by atoms with Crippen LogP contribution in [0.25, 0.3) is 5.65 Å². The van der Waals surface area contributed by atoms with Gasteiger partial charge in [-0.25, -0.2) is 4.98 Å². The Hall–Kier alpha value is -0.540. The molecule has 4 heteroatoms. The summed E-state index contributed by atoms with van der Waals surface area (Å²) in [7, 11) is 0. The first kappa shape index (κ1) is 7.13. The highest BCUT2D eigenvalue weighted by Crippen LogP contribution is 2.15. The monoisotopic (exact) mass is 230 g/mol. The largest absolute Gasteiger partial charge is 0.289 e. The number of aromatic nitrogens is 2. The van der Waals surface area contributed by atoms with Gasteiger partial charge in [0, 0.05) is 6.20 Å². The molecule has 0 spiro atoms. The molecule has 2 nitrogen and oxygen atoms in total. The summed E-state index contributed by atoms with van der Waals surface area (Å²) in [5, 5.41) is 0.667. The third-order valence-electron chi connectivity index (χ3n) is 1.41. The predicted octanol–water partition coefficient (Wildman–Crippen LogP) is 2.75. The molecule has 0 aliphatic heterocycles. The molecular weight excluding hydrogens is 227 g/mol. The maximum atomic E-state index is 5.87. The van der Waals surface area contributed by atoms with Crippen LogP contribution >= 0.6 is 27.5 Å². The average Bonchev–Trinajstić information content (AvgIpc) is 2.31. The molecule has 0 saturated carbocycles. The van der Waals surface area contributed by atoms with E-state index in [1.807, 2.05) is 28.8 Å². The van der Waals surface area contributed by atoms with E-state index in [1.165, 1.54) is 0 Å². The minimum atomic E-state index is 0.667. The van der Waals surface area contributed by atoms with Crippen LogP contribution in [0, 0.1) is 0 Å². The van der Waals surface area contributed by atoms with E-state index < -0.39 is 0 Å². The van der Waals surface area contributed by atoms with Gasteiger partial charge in [0.2, 0.25) is 0 Å². The standard InChI is InChI=1S/C7H4BrClN2/c8-5-4-11-6(9)2-1-3-7(11)10-5/h1-4H. The first-order chi connectivity index (χ1) is 5.27. The van der Waals surface area contributed by atoms with Gasteiger partial charge in [-0.15, -0.1) is 0 Å². The summed E-state index contributed by atoms with van der Waals surface area (Å²) < 4.78 is 2.61. The van der Waals surface area contributed by atoms with Gasteiger partial charge in [-0.05, 0) is 28.1 Å². The third kappa shape index (κ3) is 1.14. The van der Waals surface area contributed by atoms with Crippen molar-refractivity contribution in [1.82, 2.24) is 9.38 Å². The molecule has 56 valence electrons. The Kier molecular flexibility index (Phi) is 1.62. The van der Waals surface area contributed by atoms with Crippen molar-refractivity contribution in [2.24, 2.45) is 0 Å². The van der Waals surface area contributed by atoms with E-state index >= 15 is 0 Å². The third-order valence-corrected chi connectivity index (χ3v) is 2.10. The molecule has 0 saturated heterocycles. The van der Waals surface area contributed by atoms with Gasteiger partial charge in [0.05, 0.1) is 0 Å². The summed E-state index contributed by atoms with van der Waals surface area (Å²) in [6.07, 6.45) is 1.83. The van der Waals surface area contributed by atoms with Crippen molar-refractivity contribution in [3.63, 3.8) is 0 Å². The van der Waals surface area contributed by atoms with Crippen molar-refractivity contribution in [3.05, 3.63) is 34.2 Å². The molecule has 0 aromatic carbocycles. The van der Waals surface area contributed by atoms with Crippen LogP contribution in [-0.4, -0.2) is 9.38 Å². The average molecular weight is 231 g/mol. The van der Waals surface area contributed by atoms with E-state index in [4.69, 9.17) is 11.6 Å². The molecule has 0 N–H and O–H groups in total. The van der Waals surface area contributed by atoms with Crippen molar-refractivity contribution in [3.8, 4) is 0 Å². The molecule has 0 atom stereocenters. The molecule has 0 fully saturated rings. The lowest BCUT2D eigenvalue weighted by atomic mass is 10.5. The summed E-state index contributed by atoms with van der Waals surface area (Å²) in [5.41, 5.74) is 0.851. The second kappa shape index (κ2) is 2.50. The Bertz CT molecular complexity index is 396. The lowest BCUT2D eigenvalue weighted by molar-refractivity contribution is 1.19. The first-order valence-electron chi connectivity index (χ1n) is 3.06. The highest BCUT2D eigenvalue weighted by molar-refractivity contribution is 9.10. The molecule has 11 heavy (non-hydrogen) atoms. The first-order valence-corrected chi connectivity index (χ1v) is 4.23. The molecule has 0 radical (unpaired) electrons. The molecule has 0 aliphatic carbocycles. The van der Waals surface area contributed by atoms with Crippen LogP contribution in [0.5, 0.6) is 0 Å². The highest BCUT2D eigenvalue weighted by Gasteiger charge is 1.99. The van der Waals surface area contributed by atoms with Crippen LogP contribution < -0.4 is 0 Å². The van der Waals surface area contributed by atoms with E-state index in [1.54, 1.807) is 0 Å². The summed E-state index contributed by atoms with van der Waals surface area (Å²) >= 11 is 9.14. The lowest BCUT2D eigenvalue weighted by Gasteiger charge is -1.93. The molecule has 0 aliphatic rings. The Morgan fingerprint density at radius 1 is 1.45 bits per heavy atom. The number of nitrogens with zero attached hydrogens (tertiary/aromatic N) is 2. The maximum Gasteiger partial charge on any atom is 0.139 e. The lowest BCUT2D eigenvalue weighted by Crippen LogP contribution is -1.82. The number of pyridine rings is 1. The van der Waals surface area contributed by atoms with Gasteiger partial charge in [0.25, 0.3) is 0 Å². The van der Waals surface area contributed by atoms with E-state index in [0.717, 1.165) is 10.3 Å². The summed E-state index contributed by atoms with van der Waals surface area (Å²) in [4.78, 5) is 4.17. The van der Waals surface area contributed by atoms with Gasteiger partial charge in [-0.3, -0.25) is 4.40 Å².